The van der Waals surface area contributed by atoms with Crippen LogP contribution in [-0.2, 0) is 6.54 Å². The highest BCUT2D eigenvalue weighted by atomic mass is 16.4. The van der Waals surface area contributed by atoms with Crippen LogP contribution in [0.1, 0.15) is 28.4 Å². The maximum atomic E-state index is 11.6. The summed E-state index contributed by atoms with van der Waals surface area (Å²) in [5.41, 5.74) is -1.66. The number of nitrogens with zero attached hydrogens (tertiary/aromatic N) is 2. The third-order valence-electron chi connectivity index (χ3n) is 2.32. The van der Waals surface area contributed by atoms with E-state index in [1.807, 2.05) is 0 Å². The summed E-state index contributed by atoms with van der Waals surface area (Å²) in [6.45, 7) is 3.13. The van der Waals surface area contributed by atoms with Crippen molar-refractivity contribution in [2.75, 3.05) is 0 Å². The number of rotatable bonds is 2. The molecule has 1 aromatic heterocycles. The number of carbonyl (C=O) groups is 1. The first-order valence-electron chi connectivity index (χ1n) is 4.55. The molecule has 16 heavy (non-hydrogen) atoms. The van der Waals surface area contributed by atoms with Gasteiger partial charge in [0, 0.05) is 12.1 Å². The van der Waals surface area contributed by atoms with E-state index in [0.717, 1.165) is 4.57 Å². The smallest absolute Gasteiger partial charge is 0.337 e. The molecule has 0 aliphatic rings. The number of aromatic carboxylic acids is 1. The molecule has 1 aromatic rings. The lowest BCUT2D eigenvalue weighted by Crippen LogP contribution is -2.26. The quantitative estimate of drug-likeness (QED) is 0.756. The number of hydrogen-bond donors (Lipinski definition) is 2. The Kier molecular flexibility index (Phi) is 2.99. The maximum Gasteiger partial charge on any atom is 0.337 e. The van der Waals surface area contributed by atoms with Crippen LogP contribution in [0.2, 0.25) is 0 Å². The summed E-state index contributed by atoms with van der Waals surface area (Å²) in [7, 11) is 0. The van der Waals surface area contributed by atoms with Crippen LogP contribution in [0.4, 0.5) is 0 Å². The van der Waals surface area contributed by atoms with Crippen LogP contribution in [0.15, 0.2) is 4.79 Å². The fourth-order valence-electron chi connectivity index (χ4n) is 1.50. The van der Waals surface area contributed by atoms with Gasteiger partial charge in [0.2, 0.25) is 0 Å². The zero-order valence-electron chi connectivity index (χ0n) is 8.81. The second-order valence-corrected chi connectivity index (χ2v) is 3.16. The normalized spacial score (nSPS) is 9.81. The highest BCUT2D eigenvalue weighted by Crippen LogP contribution is 2.20. The lowest BCUT2D eigenvalue weighted by Gasteiger charge is -2.11. The summed E-state index contributed by atoms with van der Waals surface area (Å²) >= 11 is 0. The largest absolute Gasteiger partial charge is 0.494 e. The van der Waals surface area contributed by atoms with E-state index in [1.54, 1.807) is 13.0 Å². The summed E-state index contributed by atoms with van der Waals surface area (Å²) < 4.78 is 0.959. The second kappa shape index (κ2) is 4.06. The number of pyridine rings is 1. The topological polar surface area (TPSA) is 103 Å². The third kappa shape index (κ3) is 1.52. The number of aromatic nitrogens is 1. The average Bonchev–Trinajstić information content (AvgIpc) is 2.23. The van der Waals surface area contributed by atoms with Crippen molar-refractivity contribution >= 4 is 5.97 Å². The van der Waals surface area contributed by atoms with Crippen molar-refractivity contribution in [3.8, 4) is 11.9 Å². The highest BCUT2D eigenvalue weighted by Gasteiger charge is 2.22. The zero-order valence-corrected chi connectivity index (χ0v) is 8.81. The van der Waals surface area contributed by atoms with Crippen molar-refractivity contribution in [3.05, 3.63) is 27.0 Å². The molecule has 0 saturated heterocycles. The second-order valence-electron chi connectivity index (χ2n) is 3.16. The van der Waals surface area contributed by atoms with E-state index in [9.17, 15) is 14.7 Å². The summed E-state index contributed by atoms with van der Waals surface area (Å²) in [6, 6.07) is 1.56. The molecular formula is C10H10N2O4. The molecule has 0 unspecified atom stereocenters. The number of hydrogen-bond acceptors (Lipinski definition) is 4. The van der Waals surface area contributed by atoms with Gasteiger partial charge in [0.15, 0.2) is 5.88 Å². The molecule has 0 atom stereocenters. The molecule has 0 bridgehead atoms. The standard InChI is InChI=1S/C10H10N2O4/c1-3-12-8(13)5(2)7(10(15)16)6(4-11)9(12)14/h13H,3H2,1-2H3,(H,15,16). The monoisotopic (exact) mass is 222 g/mol. The van der Waals surface area contributed by atoms with Crippen LogP contribution >= 0.6 is 0 Å². The molecule has 84 valence electrons. The van der Waals surface area contributed by atoms with Crippen molar-refractivity contribution < 1.29 is 15.0 Å². The predicted molar refractivity (Wildman–Crippen MR) is 54.5 cm³/mol. The van der Waals surface area contributed by atoms with Crippen molar-refractivity contribution in [1.29, 1.82) is 5.26 Å². The lowest BCUT2D eigenvalue weighted by atomic mass is 10.1. The minimum Gasteiger partial charge on any atom is -0.494 e. The van der Waals surface area contributed by atoms with E-state index >= 15 is 0 Å². The molecule has 6 nitrogen and oxygen atoms in total. The minimum atomic E-state index is -1.40. The van der Waals surface area contributed by atoms with E-state index < -0.39 is 28.5 Å². The van der Waals surface area contributed by atoms with E-state index in [-0.39, 0.29) is 12.1 Å². The summed E-state index contributed by atoms with van der Waals surface area (Å²) in [6.07, 6.45) is 0. The molecule has 0 fully saturated rings. The summed E-state index contributed by atoms with van der Waals surface area (Å²) in [4.78, 5) is 22.5. The van der Waals surface area contributed by atoms with Gasteiger partial charge in [-0.15, -0.1) is 0 Å². The van der Waals surface area contributed by atoms with Gasteiger partial charge in [-0.3, -0.25) is 9.36 Å². The average molecular weight is 222 g/mol. The van der Waals surface area contributed by atoms with E-state index in [4.69, 9.17) is 10.4 Å². The van der Waals surface area contributed by atoms with E-state index in [0.29, 0.717) is 0 Å². The Morgan fingerprint density at radius 1 is 1.56 bits per heavy atom. The number of aromatic hydroxyl groups is 1. The van der Waals surface area contributed by atoms with Gasteiger partial charge in [0.05, 0.1) is 5.56 Å². The highest BCUT2D eigenvalue weighted by molar-refractivity contribution is 5.92. The Morgan fingerprint density at radius 2 is 2.12 bits per heavy atom. The lowest BCUT2D eigenvalue weighted by molar-refractivity contribution is 0.0694. The van der Waals surface area contributed by atoms with Crippen LogP contribution in [-0.4, -0.2) is 20.7 Å². The predicted octanol–water partition coefficient (Wildman–Crippen LogP) is 0.452. The van der Waals surface area contributed by atoms with Crippen molar-refractivity contribution in [1.82, 2.24) is 4.57 Å². The van der Waals surface area contributed by atoms with Crippen molar-refractivity contribution in [3.63, 3.8) is 0 Å². The fraction of sp³-hybridized carbons (Fsp3) is 0.300. The molecule has 0 spiro atoms. The molecular weight excluding hydrogens is 212 g/mol. The fourth-order valence-corrected chi connectivity index (χ4v) is 1.50. The van der Waals surface area contributed by atoms with Crippen molar-refractivity contribution in [2.45, 2.75) is 20.4 Å². The molecule has 0 saturated carbocycles. The van der Waals surface area contributed by atoms with Gasteiger partial charge < -0.3 is 10.2 Å². The van der Waals surface area contributed by atoms with Gasteiger partial charge in [-0.25, -0.2) is 4.79 Å². The third-order valence-corrected chi connectivity index (χ3v) is 2.32. The first kappa shape index (κ1) is 11.8. The number of nitriles is 1. The molecule has 0 amide bonds. The SMILES string of the molecule is CCn1c(O)c(C)c(C(=O)O)c(C#N)c1=O. The Hall–Kier alpha value is -2.29. The molecule has 6 heteroatoms. The van der Waals surface area contributed by atoms with Gasteiger partial charge >= 0.3 is 5.97 Å². The molecule has 1 heterocycles. The van der Waals surface area contributed by atoms with E-state index in [2.05, 4.69) is 0 Å². The molecule has 0 aromatic carbocycles. The molecule has 2 N–H and O–H groups in total. The zero-order chi connectivity index (χ0) is 12.5. The first-order valence-corrected chi connectivity index (χ1v) is 4.55. The molecule has 0 aliphatic heterocycles. The number of carboxylic acids is 1. The summed E-state index contributed by atoms with van der Waals surface area (Å²) in [5, 5.41) is 27.3. The maximum absolute atomic E-state index is 11.6. The Balaban J connectivity index is 3.87. The first-order chi connectivity index (χ1) is 7.45. The van der Waals surface area contributed by atoms with Crippen LogP contribution in [0, 0.1) is 18.3 Å². The molecule has 0 aliphatic carbocycles. The van der Waals surface area contributed by atoms with Crippen molar-refractivity contribution in [2.24, 2.45) is 0 Å². The van der Waals surface area contributed by atoms with Crippen LogP contribution in [0.3, 0.4) is 0 Å². The molecule has 1 rings (SSSR count). The van der Waals surface area contributed by atoms with Crippen LogP contribution in [0.25, 0.3) is 0 Å². The van der Waals surface area contributed by atoms with E-state index in [1.165, 1.54) is 6.92 Å². The van der Waals surface area contributed by atoms with Gasteiger partial charge in [0.25, 0.3) is 5.56 Å². The molecule has 0 radical (unpaired) electrons. The Bertz CT molecular complexity index is 551. The van der Waals surface area contributed by atoms with Gasteiger partial charge in [-0.05, 0) is 13.8 Å². The van der Waals surface area contributed by atoms with Gasteiger partial charge in [0.1, 0.15) is 11.6 Å². The number of carboxylic acid groups (broad SMARTS) is 1. The Morgan fingerprint density at radius 3 is 2.50 bits per heavy atom. The summed E-state index contributed by atoms with van der Waals surface area (Å²) in [5.74, 6) is -1.81. The Labute approximate surface area is 91.0 Å². The van der Waals surface area contributed by atoms with Gasteiger partial charge in [-0.2, -0.15) is 5.26 Å². The van der Waals surface area contributed by atoms with Crippen LogP contribution < -0.4 is 5.56 Å². The minimum absolute atomic E-state index is 0.0190. The van der Waals surface area contributed by atoms with Gasteiger partial charge in [-0.1, -0.05) is 0 Å². The van der Waals surface area contributed by atoms with Crippen LogP contribution in [0.5, 0.6) is 5.88 Å².